The van der Waals surface area contributed by atoms with Gasteiger partial charge in [-0.25, -0.2) is 9.97 Å². The summed E-state index contributed by atoms with van der Waals surface area (Å²) < 4.78 is 1.99. The monoisotopic (exact) mass is 677 g/mol. The highest BCUT2D eigenvalue weighted by atomic mass is 16.2. The van der Waals surface area contributed by atoms with E-state index in [4.69, 9.17) is 9.97 Å². The minimum atomic E-state index is -0.371. The fourth-order valence-electron chi connectivity index (χ4n) is 6.31. The molecular weight excluding hydrogens is 637 g/mol. The predicted octanol–water partition coefficient (Wildman–Crippen LogP) is 8.24. The van der Waals surface area contributed by atoms with Gasteiger partial charge in [0.1, 0.15) is 24.1 Å². The molecule has 3 aromatic carbocycles. The summed E-state index contributed by atoms with van der Waals surface area (Å²) in [6.45, 7) is 5.73. The normalized spacial score (nSPS) is 11.3. The number of anilines is 4. The third-order valence-electron chi connectivity index (χ3n) is 8.98. The van der Waals surface area contributed by atoms with Gasteiger partial charge in [-0.1, -0.05) is 57.0 Å². The van der Waals surface area contributed by atoms with E-state index in [-0.39, 0.29) is 23.2 Å². The molecule has 0 atom stereocenters. The van der Waals surface area contributed by atoms with Crippen LogP contribution in [0.4, 0.5) is 22.7 Å². The predicted molar refractivity (Wildman–Crippen MR) is 207 cm³/mol. The Labute approximate surface area is 296 Å². The van der Waals surface area contributed by atoms with Crippen LogP contribution in [-0.4, -0.2) is 39.9 Å². The van der Waals surface area contributed by atoms with E-state index in [1.54, 1.807) is 18.3 Å². The van der Waals surface area contributed by atoms with Gasteiger partial charge in [0, 0.05) is 52.1 Å². The molecule has 2 amide bonds. The second kappa shape index (κ2) is 14.8. The van der Waals surface area contributed by atoms with Crippen molar-refractivity contribution in [3.63, 3.8) is 0 Å². The summed E-state index contributed by atoms with van der Waals surface area (Å²) in [5.74, 6) is -0.717. The summed E-state index contributed by atoms with van der Waals surface area (Å²) in [6.07, 6.45) is 7.50. The molecule has 7 aromatic rings. The molecule has 10 heteroatoms. The molecule has 51 heavy (non-hydrogen) atoms. The van der Waals surface area contributed by atoms with Gasteiger partial charge in [-0.3, -0.25) is 14.6 Å². The van der Waals surface area contributed by atoms with E-state index in [0.29, 0.717) is 22.4 Å². The summed E-state index contributed by atoms with van der Waals surface area (Å²) >= 11 is 0. The lowest BCUT2D eigenvalue weighted by atomic mass is 10.1. The van der Waals surface area contributed by atoms with E-state index in [1.165, 1.54) is 0 Å². The molecule has 0 aliphatic carbocycles. The number of nitrogens with zero attached hydrogens (tertiary/aromatic N) is 4. The number of pyridine rings is 4. The van der Waals surface area contributed by atoms with Crippen molar-refractivity contribution in [3.05, 3.63) is 109 Å². The summed E-state index contributed by atoms with van der Waals surface area (Å²) in [6, 6.07) is 27.2. The van der Waals surface area contributed by atoms with Crippen LogP contribution in [0.2, 0.25) is 0 Å². The molecule has 256 valence electrons. The van der Waals surface area contributed by atoms with Gasteiger partial charge in [-0.2, -0.15) is 4.57 Å². The van der Waals surface area contributed by atoms with E-state index < -0.39 is 0 Å². The largest absolute Gasteiger partial charge is 0.384 e. The first-order valence-corrected chi connectivity index (χ1v) is 17.5. The van der Waals surface area contributed by atoms with Crippen LogP contribution >= 0.6 is 0 Å². The van der Waals surface area contributed by atoms with Crippen LogP contribution in [0.1, 0.15) is 60.5 Å². The first kappa shape index (κ1) is 33.3. The number of amides is 2. The summed E-state index contributed by atoms with van der Waals surface area (Å²) in [5.41, 5.74) is 6.21. The number of hydrogen-bond acceptors (Lipinski definition) is 7. The van der Waals surface area contributed by atoms with Gasteiger partial charge >= 0.3 is 0 Å². The van der Waals surface area contributed by atoms with Crippen LogP contribution in [0.25, 0.3) is 43.6 Å². The van der Waals surface area contributed by atoms with Crippen LogP contribution in [-0.2, 0) is 7.05 Å². The van der Waals surface area contributed by atoms with Crippen molar-refractivity contribution in [2.75, 3.05) is 34.4 Å². The minimum Gasteiger partial charge on any atom is -0.384 e. The summed E-state index contributed by atoms with van der Waals surface area (Å²) in [7, 11) is 1.95. The van der Waals surface area contributed by atoms with Crippen molar-refractivity contribution in [1.82, 2.24) is 15.0 Å². The van der Waals surface area contributed by atoms with Crippen molar-refractivity contribution in [1.29, 1.82) is 0 Å². The summed E-state index contributed by atoms with van der Waals surface area (Å²) in [5, 5.41) is 16.7. The van der Waals surface area contributed by atoms with Gasteiger partial charge in [-0.15, -0.1) is 0 Å². The van der Waals surface area contributed by atoms with Gasteiger partial charge < -0.3 is 21.3 Å². The smallest absolute Gasteiger partial charge is 0.274 e. The first-order chi connectivity index (χ1) is 24.9. The molecule has 7 rings (SSSR count). The van der Waals surface area contributed by atoms with Gasteiger partial charge in [0.15, 0.2) is 6.20 Å². The number of nitrogens with one attached hydrogen (secondary N) is 4. The zero-order valence-corrected chi connectivity index (χ0v) is 29.1. The Balaban J connectivity index is 1.33. The third-order valence-corrected chi connectivity index (χ3v) is 8.98. The maximum absolute atomic E-state index is 13.9. The second-order valence-electron chi connectivity index (χ2n) is 12.8. The Morgan fingerprint density at radius 2 is 1.22 bits per heavy atom. The number of unbranched alkanes of at least 4 members (excludes halogenated alkanes) is 2. The van der Waals surface area contributed by atoms with Gasteiger partial charge in [-0.05, 0) is 61.4 Å². The Bertz CT molecular complexity index is 2430. The Kier molecular flexibility index (Phi) is 9.65. The third kappa shape index (κ3) is 7.12. The average Bonchev–Trinajstić information content (AvgIpc) is 3.14. The van der Waals surface area contributed by atoms with Crippen LogP contribution in [0.5, 0.6) is 0 Å². The summed E-state index contributed by atoms with van der Waals surface area (Å²) in [4.78, 5) is 42.1. The van der Waals surface area contributed by atoms with Crippen molar-refractivity contribution < 1.29 is 14.2 Å². The maximum Gasteiger partial charge on any atom is 0.274 e. The lowest BCUT2D eigenvalue weighted by Gasteiger charge is -2.16. The Morgan fingerprint density at radius 1 is 0.667 bits per heavy atom. The van der Waals surface area contributed by atoms with E-state index in [2.05, 4.69) is 40.1 Å². The molecule has 0 fully saturated rings. The number of para-hydroxylation sites is 2. The molecule has 4 heterocycles. The molecule has 0 spiro atoms. The number of hydrogen-bond donors (Lipinski definition) is 4. The van der Waals surface area contributed by atoms with Gasteiger partial charge in [0.25, 0.3) is 11.8 Å². The number of rotatable bonds is 12. The highest BCUT2D eigenvalue weighted by Crippen LogP contribution is 2.33. The van der Waals surface area contributed by atoms with Gasteiger partial charge in [0.05, 0.1) is 28.4 Å². The Hall–Kier alpha value is -6.16. The van der Waals surface area contributed by atoms with E-state index in [1.807, 2.05) is 90.6 Å². The molecule has 0 radical (unpaired) electrons. The molecule has 0 saturated carbocycles. The van der Waals surface area contributed by atoms with Crippen LogP contribution in [0.3, 0.4) is 0 Å². The molecule has 0 aliphatic heterocycles. The highest BCUT2D eigenvalue weighted by Gasteiger charge is 2.20. The maximum atomic E-state index is 13.9. The average molecular weight is 678 g/mol. The van der Waals surface area contributed by atoms with E-state index in [9.17, 15) is 9.59 Å². The van der Waals surface area contributed by atoms with Crippen LogP contribution < -0.4 is 25.8 Å². The SMILES string of the molecule is CCCCNc1cc(C(=O)Nc2cnc3ccccc3c2)nc2c1ccc1c(NCCCC)cc(C(=O)Nc3cc4ccccc4[n+](C)c3)nc12. The lowest BCUT2D eigenvalue weighted by molar-refractivity contribution is -0.644. The van der Waals surface area contributed by atoms with Crippen LogP contribution in [0.15, 0.2) is 97.3 Å². The number of aryl methyl sites for hydroxylation is 1. The Morgan fingerprint density at radius 3 is 1.84 bits per heavy atom. The molecule has 0 saturated heterocycles. The zero-order chi connectivity index (χ0) is 35.3. The topological polar surface area (TPSA) is 125 Å². The molecule has 4 aromatic heterocycles. The molecular formula is C41H41N8O2+. The zero-order valence-electron chi connectivity index (χ0n) is 29.1. The number of carbonyl (C=O) groups is 2. The molecule has 4 N–H and O–H groups in total. The van der Waals surface area contributed by atoms with Crippen LogP contribution in [0, 0.1) is 0 Å². The highest BCUT2D eigenvalue weighted by molar-refractivity contribution is 6.15. The molecule has 0 bridgehead atoms. The number of benzene rings is 3. The second-order valence-corrected chi connectivity index (χ2v) is 12.8. The van der Waals surface area contributed by atoms with Gasteiger partial charge in [0.2, 0.25) is 5.52 Å². The van der Waals surface area contributed by atoms with Crippen molar-refractivity contribution in [2.24, 2.45) is 7.05 Å². The van der Waals surface area contributed by atoms with E-state index in [0.717, 1.165) is 82.7 Å². The molecule has 10 nitrogen and oxygen atoms in total. The quantitative estimate of drug-likeness (QED) is 0.0583. The molecule has 0 aliphatic rings. The minimum absolute atomic E-state index is 0.225. The molecule has 0 unspecified atom stereocenters. The lowest BCUT2D eigenvalue weighted by Crippen LogP contribution is -2.29. The first-order valence-electron chi connectivity index (χ1n) is 17.5. The number of fused-ring (bicyclic) bond motifs is 5. The van der Waals surface area contributed by atoms with E-state index >= 15 is 0 Å². The fourth-order valence-corrected chi connectivity index (χ4v) is 6.31. The fraction of sp³-hybridized carbons (Fsp3) is 0.220. The van der Waals surface area contributed by atoms with Crippen molar-refractivity contribution >= 4 is 78.2 Å². The number of carbonyl (C=O) groups excluding carboxylic acids is 2. The van der Waals surface area contributed by atoms with Crippen molar-refractivity contribution in [3.8, 4) is 0 Å². The standard InChI is InChI=1S/C41H40N8O2/c1-4-6-18-42-33-22-35(40(50)45-28-20-26-12-8-10-14-32(26)44-24-28)47-38-30(33)16-17-31-34(43-19-7-5-2)23-36(48-39(31)38)41(51)46-29-21-27-13-9-11-15-37(27)49(3)25-29/h8-17,20-25H,4-7,18-19H2,1-3H3,(H3-,42,43,45,46,47,48,50,51)/p+1. The van der Waals surface area contributed by atoms with Crippen molar-refractivity contribution in [2.45, 2.75) is 39.5 Å². The number of aromatic nitrogens is 4.